The summed E-state index contributed by atoms with van der Waals surface area (Å²) < 4.78 is 49.0. The molecule has 1 spiro atoms. The van der Waals surface area contributed by atoms with Crippen molar-refractivity contribution in [1.29, 1.82) is 0 Å². The van der Waals surface area contributed by atoms with Crippen LogP contribution in [-0.2, 0) is 42.7 Å². The maximum Gasteiger partial charge on any atom is 0.203 e. The summed E-state index contributed by atoms with van der Waals surface area (Å²) in [6.07, 6.45) is -21.3. The first kappa shape index (κ1) is 45.5. The predicted octanol–water partition coefficient (Wildman–Crippen LogP) is -3.77. The minimum Gasteiger partial charge on any atom is -0.396 e. The molecule has 62 heavy (non-hydrogen) atoms. The lowest BCUT2D eigenvalue weighted by atomic mass is 9.51. The molecule has 0 radical (unpaired) electrons. The number of allylic oxidation sites excluding steroid dienone is 1. The molecule has 20 heteroatoms. The molecule has 350 valence electrons. The first-order chi connectivity index (χ1) is 29.4. The summed E-state index contributed by atoms with van der Waals surface area (Å²) in [7, 11) is 0. The Hall–Kier alpha value is -1.61. The molecule has 0 aromatic rings. The van der Waals surface area contributed by atoms with Crippen LogP contribution in [0.5, 0.6) is 0 Å². The lowest BCUT2D eigenvalue weighted by Gasteiger charge is -2.56. The zero-order valence-electron chi connectivity index (χ0n) is 34.8. The molecule has 1 saturated carbocycles. The Morgan fingerprint density at radius 3 is 2.23 bits per heavy atom. The van der Waals surface area contributed by atoms with E-state index in [9.17, 15) is 61.0 Å². The van der Waals surface area contributed by atoms with Crippen LogP contribution < -0.4 is 0 Å². The van der Waals surface area contributed by atoms with Gasteiger partial charge in [0.25, 0.3) is 0 Å². The average molecular weight is 887 g/mol. The summed E-state index contributed by atoms with van der Waals surface area (Å²) >= 11 is 0. The van der Waals surface area contributed by atoms with E-state index in [0.717, 1.165) is 11.1 Å². The molecular weight excluding hydrogens is 824 g/mol. The first-order valence-corrected chi connectivity index (χ1v) is 22.0. The number of carbonyl (C=O) groups excluding carboxylic acids is 1. The Balaban J connectivity index is 1.02. The molecule has 5 aliphatic heterocycles. The van der Waals surface area contributed by atoms with E-state index in [2.05, 4.69) is 0 Å². The summed E-state index contributed by atoms with van der Waals surface area (Å²) in [5.74, 6) is -4.34. The Kier molecular flexibility index (Phi) is 12.4. The van der Waals surface area contributed by atoms with Gasteiger partial charge in [0, 0.05) is 35.2 Å². The van der Waals surface area contributed by atoms with Crippen LogP contribution >= 0.6 is 0 Å². The molecule has 5 heterocycles. The van der Waals surface area contributed by atoms with Gasteiger partial charge < -0.3 is 94.1 Å². The van der Waals surface area contributed by atoms with Gasteiger partial charge in [-0.2, -0.15) is 0 Å². The van der Waals surface area contributed by atoms with E-state index in [1.807, 2.05) is 13.0 Å². The number of rotatable bonds is 7. The predicted molar refractivity (Wildman–Crippen MR) is 204 cm³/mol. The maximum atomic E-state index is 14.6. The van der Waals surface area contributed by atoms with Gasteiger partial charge in [-0.1, -0.05) is 31.1 Å². The van der Waals surface area contributed by atoms with Crippen LogP contribution in [0.4, 0.5) is 0 Å². The fourth-order valence-corrected chi connectivity index (χ4v) is 12.2. The third kappa shape index (κ3) is 7.03. The second-order valence-electron chi connectivity index (χ2n) is 19.2. The highest BCUT2D eigenvalue weighted by molar-refractivity contribution is 6.04. The molecule has 9 rings (SSSR count). The Bertz CT molecular complexity index is 1750. The number of aliphatic hydroxyl groups excluding tert-OH is 11. The molecule has 20 nitrogen and oxygen atoms in total. The van der Waals surface area contributed by atoms with Crippen LogP contribution in [0.2, 0.25) is 0 Å². The van der Waals surface area contributed by atoms with Crippen LogP contribution in [0.3, 0.4) is 0 Å². The molecule has 0 aromatic heterocycles. The minimum atomic E-state index is -1.79. The Labute approximate surface area is 357 Å². The van der Waals surface area contributed by atoms with E-state index >= 15 is 0 Å². The zero-order valence-corrected chi connectivity index (χ0v) is 34.8. The molecule has 11 N–H and O–H groups in total. The van der Waals surface area contributed by atoms with Crippen molar-refractivity contribution < 1.29 is 98.9 Å². The van der Waals surface area contributed by atoms with E-state index in [1.165, 1.54) is 6.92 Å². The van der Waals surface area contributed by atoms with Crippen LogP contribution in [0.15, 0.2) is 22.8 Å². The molecule has 0 bridgehead atoms. The lowest BCUT2D eigenvalue weighted by Crippen LogP contribution is -2.65. The fraction of sp³-hybridized carbons (Fsp3) is 0.881. The highest BCUT2D eigenvalue weighted by Gasteiger charge is 2.69. The Morgan fingerprint density at radius 2 is 1.48 bits per heavy atom. The van der Waals surface area contributed by atoms with Gasteiger partial charge in [0.15, 0.2) is 24.7 Å². The number of hydrogen-bond donors (Lipinski definition) is 11. The SMILES string of the molecule is C[C@@H]1O[C@@H](O[C@H]2[C@H](O[C@@H]3C[C@H](O)CC4=CC[C@H]5C6=C(CC[C@@H]5[C@]43C)[C@@H]3[C@@H](O[C@@]4(OC[C@H](C)[C@@H](O)[C@@H]4O)[C@H]3CO)C6=O)OC[C@H](O)[C@@H]2O[C@@H]2OCC(O)[C@H](O)[C@H]2O)[C@H](O)[C@H](O)[C@H]1O. The number of hydrogen-bond acceptors (Lipinski definition) is 20. The van der Waals surface area contributed by atoms with Crippen molar-refractivity contribution in [2.45, 2.75) is 169 Å². The number of ketones is 1. The topological polar surface area (TPSA) is 313 Å². The van der Waals surface area contributed by atoms with Crippen molar-refractivity contribution in [1.82, 2.24) is 0 Å². The monoisotopic (exact) mass is 886 g/mol. The largest absolute Gasteiger partial charge is 0.396 e. The summed E-state index contributed by atoms with van der Waals surface area (Å²) in [5.41, 5.74) is 1.52. The number of carbonyl (C=O) groups is 1. The molecule has 5 saturated heterocycles. The molecule has 4 aliphatic carbocycles. The van der Waals surface area contributed by atoms with Crippen molar-refractivity contribution >= 4 is 5.78 Å². The van der Waals surface area contributed by atoms with E-state index < -0.39 is 159 Å². The van der Waals surface area contributed by atoms with Gasteiger partial charge in [-0.05, 0) is 44.4 Å². The molecule has 1 unspecified atom stereocenters. The van der Waals surface area contributed by atoms with Crippen LogP contribution in [0, 0.1) is 35.0 Å². The molecule has 9 aliphatic rings. The third-order valence-electron chi connectivity index (χ3n) is 15.8. The van der Waals surface area contributed by atoms with Crippen LogP contribution in [0.1, 0.15) is 52.9 Å². The Morgan fingerprint density at radius 1 is 0.790 bits per heavy atom. The number of ether oxygens (including phenoxy) is 8. The summed E-state index contributed by atoms with van der Waals surface area (Å²) in [5, 5.41) is 119. The van der Waals surface area contributed by atoms with Crippen LogP contribution in [0.25, 0.3) is 0 Å². The van der Waals surface area contributed by atoms with Gasteiger partial charge in [0.2, 0.25) is 5.79 Å². The van der Waals surface area contributed by atoms with Crippen molar-refractivity contribution in [2.24, 2.45) is 35.0 Å². The highest BCUT2D eigenvalue weighted by atomic mass is 16.8. The van der Waals surface area contributed by atoms with Crippen molar-refractivity contribution in [3.8, 4) is 0 Å². The standard InChI is InChI=1S/C42H62O20/c1-14-11-57-42(37(54)27(14)47)21(10-43)26-19-6-7-20-18(25(19)30(50)35(26)62-42)5-4-16-8-17(44)9-24(41(16,20)3)59-40-36(61-39-33(53)31(51)28(48)15(2)58-39)34(23(46)13-56-40)60-38-32(52)29(49)22(45)12-55-38/h4,14-15,17-18,20-24,26-29,31-40,43-49,51-54H,5-13H2,1-3H3/t14-,15-,17+,18+,20-,21-,22?,23-,24+,26-,27+,28-,29-,31+,32+,33+,34-,35+,36+,37-,38-,39-,40-,41-,42-/m0/s1. The zero-order chi connectivity index (χ0) is 44.3. The van der Waals surface area contributed by atoms with Gasteiger partial charge in [-0.15, -0.1) is 0 Å². The van der Waals surface area contributed by atoms with Crippen molar-refractivity contribution in [3.63, 3.8) is 0 Å². The van der Waals surface area contributed by atoms with E-state index in [1.54, 1.807) is 6.92 Å². The average Bonchev–Trinajstić information content (AvgIpc) is 3.72. The summed E-state index contributed by atoms with van der Waals surface area (Å²) in [6.45, 7) is 4.02. The van der Waals surface area contributed by atoms with Gasteiger partial charge in [-0.3, -0.25) is 4.79 Å². The number of fused-ring (bicyclic) bond motifs is 6. The number of Topliss-reactive ketones (excluding diaryl/α,β-unsaturated/α-hetero) is 1. The van der Waals surface area contributed by atoms with E-state index in [-0.39, 0.29) is 30.6 Å². The van der Waals surface area contributed by atoms with E-state index in [0.29, 0.717) is 31.3 Å². The van der Waals surface area contributed by atoms with Crippen molar-refractivity contribution in [2.75, 3.05) is 26.4 Å². The normalized spacial score (nSPS) is 55.4. The van der Waals surface area contributed by atoms with Gasteiger partial charge in [-0.25, -0.2) is 0 Å². The second kappa shape index (κ2) is 16.9. The highest BCUT2D eigenvalue weighted by Crippen LogP contribution is 2.64. The molecular formula is C42H62O20. The first-order valence-electron chi connectivity index (χ1n) is 22.0. The third-order valence-corrected chi connectivity index (χ3v) is 15.8. The van der Waals surface area contributed by atoms with Crippen molar-refractivity contribution in [3.05, 3.63) is 22.8 Å². The van der Waals surface area contributed by atoms with Gasteiger partial charge in [0.05, 0.1) is 50.8 Å². The van der Waals surface area contributed by atoms with E-state index in [4.69, 9.17) is 37.9 Å². The summed E-state index contributed by atoms with van der Waals surface area (Å²) in [6, 6.07) is 0. The maximum absolute atomic E-state index is 14.6. The van der Waals surface area contributed by atoms with Crippen LogP contribution in [-0.4, -0.2) is 205 Å². The quantitative estimate of drug-likeness (QED) is 0.109. The number of aliphatic hydroxyl groups is 11. The minimum absolute atomic E-state index is 0.0720. The van der Waals surface area contributed by atoms with Gasteiger partial charge >= 0.3 is 0 Å². The second-order valence-corrected chi connectivity index (χ2v) is 19.2. The molecule has 0 aromatic carbocycles. The fourth-order valence-electron chi connectivity index (χ4n) is 12.2. The van der Waals surface area contributed by atoms with Gasteiger partial charge in [0.1, 0.15) is 67.1 Å². The summed E-state index contributed by atoms with van der Waals surface area (Å²) in [4.78, 5) is 14.6. The lowest BCUT2D eigenvalue weighted by molar-refractivity contribution is -0.382. The molecule has 0 amide bonds. The smallest absolute Gasteiger partial charge is 0.203 e. The molecule has 6 fully saturated rings. The molecule has 25 atom stereocenters.